The van der Waals surface area contributed by atoms with Crippen molar-refractivity contribution in [3.8, 4) is 5.75 Å². The van der Waals surface area contributed by atoms with Crippen LogP contribution in [0.5, 0.6) is 5.75 Å². The highest BCUT2D eigenvalue weighted by atomic mass is 35.5. The fourth-order valence-electron chi connectivity index (χ4n) is 5.30. The highest BCUT2D eigenvalue weighted by Crippen LogP contribution is 2.38. The second kappa shape index (κ2) is 11.8. The van der Waals surface area contributed by atoms with Gasteiger partial charge in [0.05, 0.1) is 22.1 Å². The Hall–Kier alpha value is -2.30. The molecule has 15 heteroatoms. The number of aryl methyl sites for hydroxylation is 1. The summed E-state index contributed by atoms with van der Waals surface area (Å²) in [5.74, 6) is 0.340. The van der Waals surface area contributed by atoms with Crippen LogP contribution in [0, 0.1) is 6.92 Å². The van der Waals surface area contributed by atoms with Crippen LogP contribution in [0.1, 0.15) is 25.0 Å². The first-order valence-electron chi connectivity index (χ1n) is 13.3. The van der Waals surface area contributed by atoms with Gasteiger partial charge < -0.3 is 24.9 Å². The molecular weight excluding hydrogens is 594 g/mol. The first kappa shape index (κ1) is 30.2. The highest BCUT2D eigenvalue weighted by Gasteiger charge is 2.44. The van der Waals surface area contributed by atoms with Crippen molar-refractivity contribution >= 4 is 42.7 Å². The number of piperidine rings is 1. The number of hydrogen-bond donors (Lipinski definition) is 4. The number of sulfonamides is 2. The van der Waals surface area contributed by atoms with E-state index in [1.54, 1.807) is 18.2 Å². The summed E-state index contributed by atoms with van der Waals surface area (Å²) in [6, 6.07) is 7.63. The molecule has 1 spiro atoms. The minimum Gasteiger partial charge on any atom is -0.491 e. The van der Waals surface area contributed by atoms with E-state index >= 15 is 0 Å². The molecule has 0 aliphatic carbocycles. The maximum absolute atomic E-state index is 13.3. The van der Waals surface area contributed by atoms with Crippen LogP contribution in [0.2, 0.25) is 5.02 Å². The molecule has 224 valence electrons. The van der Waals surface area contributed by atoms with E-state index in [0.29, 0.717) is 60.8 Å². The molecule has 0 amide bonds. The van der Waals surface area contributed by atoms with Gasteiger partial charge in [0.25, 0.3) is 0 Å². The van der Waals surface area contributed by atoms with Gasteiger partial charge in [0.1, 0.15) is 29.0 Å². The van der Waals surface area contributed by atoms with Crippen LogP contribution in [0.25, 0.3) is 11.0 Å². The molecule has 5 rings (SSSR count). The summed E-state index contributed by atoms with van der Waals surface area (Å²) in [5, 5.41) is 14.8. The zero-order valence-electron chi connectivity index (χ0n) is 22.8. The Morgan fingerprint density at radius 3 is 2.73 bits per heavy atom. The Bertz CT molecular complexity index is 1620. The van der Waals surface area contributed by atoms with Gasteiger partial charge in [-0.3, -0.25) is 0 Å². The zero-order chi connectivity index (χ0) is 29.4. The van der Waals surface area contributed by atoms with E-state index < -0.39 is 31.8 Å². The van der Waals surface area contributed by atoms with Crippen LogP contribution in [-0.2, 0) is 24.8 Å². The van der Waals surface area contributed by atoms with Gasteiger partial charge in [-0.15, -0.1) is 0 Å². The molecule has 2 atom stereocenters. The molecule has 2 aliphatic heterocycles. The van der Waals surface area contributed by atoms with Gasteiger partial charge in [-0.05, 0) is 51.4 Å². The maximum atomic E-state index is 13.3. The molecule has 0 radical (unpaired) electrons. The van der Waals surface area contributed by atoms with Crippen LogP contribution in [0.15, 0.2) is 46.3 Å². The fourth-order valence-corrected chi connectivity index (χ4v) is 7.67. The Morgan fingerprint density at radius 1 is 1.24 bits per heavy atom. The topological polar surface area (TPSA) is 163 Å². The van der Waals surface area contributed by atoms with E-state index in [1.807, 2.05) is 6.92 Å². The number of pyridine rings is 1. The van der Waals surface area contributed by atoms with E-state index in [-0.39, 0.29) is 29.0 Å². The minimum absolute atomic E-state index is 0.00230. The molecule has 0 saturated carbocycles. The Labute approximate surface area is 244 Å². The Kier molecular flexibility index (Phi) is 8.66. The number of halogens is 1. The number of ether oxygens (including phenoxy) is 2. The van der Waals surface area contributed by atoms with Gasteiger partial charge in [0, 0.05) is 49.0 Å². The molecule has 41 heavy (non-hydrogen) atoms. The predicted molar refractivity (Wildman–Crippen MR) is 153 cm³/mol. The van der Waals surface area contributed by atoms with Crippen LogP contribution < -0.4 is 14.8 Å². The normalized spacial score (nSPS) is 20.5. The second-order valence-corrected chi connectivity index (χ2v) is 14.7. The van der Waals surface area contributed by atoms with Crippen LogP contribution in [0.4, 0.5) is 0 Å². The molecule has 1 unspecified atom stereocenters. The number of benzene rings is 1. The second-order valence-electron chi connectivity index (χ2n) is 10.5. The zero-order valence-corrected chi connectivity index (χ0v) is 25.2. The lowest BCUT2D eigenvalue weighted by Crippen LogP contribution is -2.47. The van der Waals surface area contributed by atoms with Crippen molar-refractivity contribution in [2.45, 2.75) is 53.7 Å². The molecule has 2 fully saturated rings. The lowest BCUT2D eigenvalue weighted by Gasteiger charge is -2.38. The number of rotatable bonds is 10. The SMILES string of the molecule is CNS(=O)(=O)c1cccc(OCC(O)CN[C@H]2COC3(CCN(S(=O)(=O)c4cnc5[nH]c(C)c(Cl)c5c4)CC3)C2)c1. The molecule has 4 heterocycles. The molecule has 3 aromatic rings. The van der Waals surface area contributed by atoms with Crippen molar-refractivity contribution in [3.63, 3.8) is 0 Å². The molecule has 12 nitrogen and oxygen atoms in total. The van der Waals surface area contributed by atoms with Gasteiger partial charge in [0.2, 0.25) is 20.0 Å². The van der Waals surface area contributed by atoms with E-state index in [9.17, 15) is 21.9 Å². The summed E-state index contributed by atoms with van der Waals surface area (Å²) in [5.41, 5.74) is 0.860. The fraction of sp³-hybridized carbons (Fsp3) is 0.500. The number of aliphatic hydroxyl groups is 1. The lowest BCUT2D eigenvalue weighted by molar-refractivity contribution is -0.0312. The number of fused-ring (bicyclic) bond motifs is 1. The summed E-state index contributed by atoms with van der Waals surface area (Å²) < 4.78 is 66.1. The van der Waals surface area contributed by atoms with E-state index in [2.05, 4.69) is 20.0 Å². The van der Waals surface area contributed by atoms with Gasteiger partial charge in [-0.25, -0.2) is 26.5 Å². The number of aliphatic hydroxyl groups excluding tert-OH is 1. The summed E-state index contributed by atoms with van der Waals surface area (Å²) in [6.07, 6.45) is 2.34. The molecule has 0 bridgehead atoms. The largest absolute Gasteiger partial charge is 0.491 e. The van der Waals surface area contributed by atoms with Crippen molar-refractivity contribution in [2.75, 3.05) is 39.9 Å². The standard InChI is InChI=1S/C26H34ClN5O7S2/c1-17-24(27)23-11-22(14-30-25(23)31-17)41(36,37)32-8-6-26(7-9-32)12-18(15-39-26)29-13-19(33)16-38-20-4-3-5-21(10-20)40(34,35)28-2/h3-5,10-11,14,18-19,28-29,33H,6-9,12-13,15-16H2,1-2H3,(H,30,31)/t18-,19?/m1/s1. The van der Waals surface area contributed by atoms with Gasteiger partial charge in [-0.1, -0.05) is 17.7 Å². The van der Waals surface area contributed by atoms with Crippen LogP contribution in [0.3, 0.4) is 0 Å². The third kappa shape index (κ3) is 6.39. The predicted octanol–water partition coefficient (Wildman–Crippen LogP) is 1.77. The quantitative estimate of drug-likeness (QED) is 0.262. The summed E-state index contributed by atoms with van der Waals surface area (Å²) >= 11 is 6.31. The van der Waals surface area contributed by atoms with Crippen LogP contribution >= 0.6 is 11.6 Å². The van der Waals surface area contributed by atoms with Crippen molar-refractivity contribution in [3.05, 3.63) is 47.2 Å². The molecule has 2 saturated heterocycles. The molecule has 1 aromatic carbocycles. The van der Waals surface area contributed by atoms with Gasteiger partial charge in [-0.2, -0.15) is 4.31 Å². The number of hydrogen-bond acceptors (Lipinski definition) is 9. The van der Waals surface area contributed by atoms with E-state index in [1.165, 1.54) is 29.7 Å². The summed E-state index contributed by atoms with van der Waals surface area (Å²) in [7, 11) is -6.00. The number of aromatic nitrogens is 2. The molecule has 2 aromatic heterocycles. The van der Waals surface area contributed by atoms with E-state index in [0.717, 1.165) is 5.69 Å². The van der Waals surface area contributed by atoms with Crippen molar-refractivity contribution in [1.82, 2.24) is 24.3 Å². The average Bonchev–Trinajstić information content (AvgIpc) is 3.50. The first-order chi connectivity index (χ1) is 19.4. The smallest absolute Gasteiger partial charge is 0.244 e. The number of aromatic amines is 1. The highest BCUT2D eigenvalue weighted by molar-refractivity contribution is 7.89. The van der Waals surface area contributed by atoms with Gasteiger partial charge >= 0.3 is 0 Å². The maximum Gasteiger partial charge on any atom is 0.244 e. The number of nitrogens with one attached hydrogen (secondary N) is 3. The Morgan fingerprint density at radius 2 is 2.00 bits per heavy atom. The molecule has 4 N–H and O–H groups in total. The monoisotopic (exact) mass is 627 g/mol. The first-order valence-corrected chi connectivity index (χ1v) is 16.6. The van der Waals surface area contributed by atoms with E-state index in [4.69, 9.17) is 21.1 Å². The molecule has 2 aliphatic rings. The number of H-pyrrole nitrogens is 1. The van der Waals surface area contributed by atoms with Gasteiger partial charge in [0.15, 0.2) is 0 Å². The van der Waals surface area contributed by atoms with Crippen molar-refractivity contribution in [2.24, 2.45) is 0 Å². The third-order valence-corrected chi connectivity index (χ3v) is 11.4. The minimum atomic E-state index is -3.74. The third-order valence-electron chi connectivity index (χ3n) is 7.68. The summed E-state index contributed by atoms with van der Waals surface area (Å²) in [6.45, 7) is 3.15. The van der Waals surface area contributed by atoms with Crippen molar-refractivity contribution in [1.29, 1.82) is 0 Å². The Balaban J connectivity index is 1.10. The summed E-state index contributed by atoms with van der Waals surface area (Å²) in [4.78, 5) is 7.49. The molecular formula is C26H34ClN5O7S2. The van der Waals surface area contributed by atoms with Crippen molar-refractivity contribution < 1.29 is 31.4 Å². The average molecular weight is 628 g/mol. The number of nitrogens with zero attached hydrogens (tertiary/aromatic N) is 2. The van der Waals surface area contributed by atoms with Crippen LogP contribution in [-0.4, -0.2) is 93.9 Å². The lowest BCUT2D eigenvalue weighted by atomic mass is 9.88.